The Bertz CT molecular complexity index is 1020. The van der Waals surface area contributed by atoms with Gasteiger partial charge < -0.3 is 9.73 Å². The number of furan rings is 1. The molecular weight excluding hydrogens is 364 g/mol. The first-order valence-corrected chi connectivity index (χ1v) is 10.4. The number of sulfone groups is 1. The van der Waals surface area contributed by atoms with E-state index in [4.69, 9.17) is 4.42 Å². The number of benzene rings is 2. The lowest BCUT2D eigenvalue weighted by atomic mass is 10.2. The quantitative estimate of drug-likeness (QED) is 0.702. The summed E-state index contributed by atoms with van der Waals surface area (Å²) in [4.78, 5) is 14.4. The molecule has 1 amide bonds. The first-order valence-electron chi connectivity index (χ1n) is 8.53. The predicted molar refractivity (Wildman–Crippen MR) is 105 cm³/mol. The summed E-state index contributed by atoms with van der Waals surface area (Å²) in [6.45, 7) is 2.15. The highest BCUT2D eigenvalue weighted by molar-refractivity contribution is 7.90. The van der Waals surface area contributed by atoms with Crippen LogP contribution in [0.1, 0.15) is 18.7 Å². The van der Waals surface area contributed by atoms with Gasteiger partial charge in [0.05, 0.1) is 17.5 Å². The lowest BCUT2D eigenvalue weighted by molar-refractivity contribution is -0.117. The van der Waals surface area contributed by atoms with Crippen molar-refractivity contribution in [2.75, 3.05) is 25.2 Å². The van der Waals surface area contributed by atoms with E-state index in [0.717, 1.165) is 23.0 Å². The van der Waals surface area contributed by atoms with Crippen molar-refractivity contribution < 1.29 is 17.6 Å². The number of nitrogens with zero attached hydrogens (tertiary/aromatic N) is 1. The largest absolute Gasteiger partial charge is 0.459 e. The van der Waals surface area contributed by atoms with Crippen molar-refractivity contribution in [3.05, 3.63) is 60.4 Å². The van der Waals surface area contributed by atoms with Crippen LogP contribution in [0.5, 0.6) is 0 Å². The van der Waals surface area contributed by atoms with Gasteiger partial charge in [0.1, 0.15) is 11.3 Å². The average molecular weight is 386 g/mol. The molecule has 1 aromatic heterocycles. The Labute approximate surface area is 158 Å². The van der Waals surface area contributed by atoms with Crippen molar-refractivity contribution in [2.45, 2.75) is 17.9 Å². The van der Waals surface area contributed by atoms with E-state index in [1.54, 1.807) is 12.1 Å². The van der Waals surface area contributed by atoms with Crippen LogP contribution in [-0.4, -0.2) is 39.1 Å². The summed E-state index contributed by atoms with van der Waals surface area (Å²) >= 11 is 0. The minimum Gasteiger partial charge on any atom is -0.459 e. The number of fused-ring (bicyclic) bond motifs is 1. The van der Waals surface area contributed by atoms with E-state index in [2.05, 4.69) is 5.32 Å². The van der Waals surface area contributed by atoms with Crippen LogP contribution in [0.4, 0.5) is 5.69 Å². The van der Waals surface area contributed by atoms with Crippen LogP contribution in [0.15, 0.2) is 63.9 Å². The van der Waals surface area contributed by atoms with Crippen LogP contribution in [0.25, 0.3) is 11.0 Å². The Balaban J connectivity index is 1.62. The Hall–Kier alpha value is -2.64. The van der Waals surface area contributed by atoms with Crippen molar-refractivity contribution in [2.24, 2.45) is 0 Å². The van der Waals surface area contributed by atoms with Crippen LogP contribution in [0.3, 0.4) is 0 Å². The molecule has 0 saturated carbocycles. The van der Waals surface area contributed by atoms with Crippen LogP contribution in [-0.2, 0) is 14.6 Å². The second-order valence-electron chi connectivity index (χ2n) is 6.62. The van der Waals surface area contributed by atoms with Crippen molar-refractivity contribution >= 4 is 32.4 Å². The van der Waals surface area contributed by atoms with Gasteiger partial charge >= 0.3 is 0 Å². The van der Waals surface area contributed by atoms with Crippen LogP contribution in [0, 0.1) is 0 Å². The average Bonchev–Trinajstić information content (AvgIpc) is 3.04. The van der Waals surface area contributed by atoms with E-state index in [1.165, 1.54) is 12.1 Å². The van der Waals surface area contributed by atoms with Gasteiger partial charge in [-0.15, -0.1) is 0 Å². The molecule has 0 spiro atoms. The van der Waals surface area contributed by atoms with Gasteiger partial charge in [0.25, 0.3) is 0 Å². The second-order valence-corrected chi connectivity index (χ2v) is 8.64. The standard InChI is InChI=1S/C20H22N2O4S/c1-14(19-12-15-6-4-5-7-18(15)26-19)22(2)13-20(23)21-16-8-10-17(11-9-16)27(3,24)25/h4-12,14H,13H2,1-3H3,(H,21,23). The summed E-state index contributed by atoms with van der Waals surface area (Å²) in [6.07, 6.45) is 1.15. The highest BCUT2D eigenvalue weighted by atomic mass is 32.2. The number of para-hydroxylation sites is 1. The van der Waals surface area contributed by atoms with Gasteiger partial charge in [-0.1, -0.05) is 18.2 Å². The molecule has 0 aliphatic rings. The Kier molecular flexibility index (Phi) is 5.34. The van der Waals surface area contributed by atoms with Crippen LogP contribution < -0.4 is 5.32 Å². The van der Waals surface area contributed by atoms with E-state index in [-0.39, 0.29) is 23.4 Å². The summed E-state index contributed by atoms with van der Waals surface area (Å²) < 4.78 is 28.8. The van der Waals surface area contributed by atoms with E-state index >= 15 is 0 Å². The molecule has 1 atom stereocenters. The third-order valence-corrected chi connectivity index (χ3v) is 5.61. The molecule has 6 nitrogen and oxygen atoms in total. The third kappa shape index (κ3) is 4.56. The number of carbonyl (C=O) groups is 1. The summed E-state index contributed by atoms with van der Waals surface area (Å²) in [5, 5.41) is 3.81. The zero-order chi connectivity index (χ0) is 19.6. The molecule has 3 rings (SSSR count). The minimum absolute atomic E-state index is 0.0734. The first kappa shape index (κ1) is 19.1. The zero-order valence-electron chi connectivity index (χ0n) is 15.5. The molecule has 1 N–H and O–H groups in total. The molecular formula is C20H22N2O4S. The van der Waals surface area contributed by atoms with Gasteiger partial charge in [-0.3, -0.25) is 9.69 Å². The zero-order valence-corrected chi connectivity index (χ0v) is 16.3. The number of likely N-dealkylation sites (N-methyl/N-ethyl adjacent to an activating group) is 1. The fourth-order valence-corrected chi connectivity index (χ4v) is 3.41. The lowest BCUT2D eigenvalue weighted by Crippen LogP contribution is -2.32. The van der Waals surface area contributed by atoms with Crippen molar-refractivity contribution in [1.29, 1.82) is 0 Å². The molecule has 0 aliphatic heterocycles. The van der Waals surface area contributed by atoms with Gasteiger partial charge in [0.15, 0.2) is 9.84 Å². The molecule has 0 radical (unpaired) electrons. The molecule has 0 fully saturated rings. The van der Waals surface area contributed by atoms with Gasteiger partial charge in [-0.25, -0.2) is 8.42 Å². The maximum atomic E-state index is 12.3. The van der Waals surface area contributed by atoms with Gasteiger partial charge in [0.2, 0.25) is 5.91 Å². The molecule has 3 aromatic rings. The molecule has 0 aliphatic carbocycles. The summed E-state index contributed by atoms with van der Waals surface area (Å²) in [5.74, 6) is 0.608. The molecule has 1 heterocycles. The molecule has 7 heteroatoms. The van der Waals surface area contributed by atoms with Crippen molar-refractivity contribution in [3.63, 3.8) is 0 Å². The summed E-state index contributed by atoms with van der Waals surface area (Å²) in [7, 11) is -1.40. The summed E-state index contributed by atoms with van der Waals surface area (Å²) in [6, 6.07) is 15.8. The van der Waals surface area contributed by atoms with E-state index < -0.39 is 9.84 Å². The maximum absolute atomic E-state index is 12.3. The topological polar surface area (TPSA) is 79.6 Å². The number of anilines is 1. The van der Waals surface area contributed by atoms with Crippen LogP contribution in [0.2, 0.25) is 0 Å². The summed E-state index contributed by atoms with van der Waals surface area (Å²) in [5.41, 5.74) is 1.38. The number of carbonyl (C=O) groups excluding carboxylic acids is 1. The second kappa shape index (κ2) is 7.54. The Morgan fingerprint density at radius 2 is 1.81 bits per heavy atom. The van der Waals surface area contributed by atoms with Gasteiger partial charge in [-0.2, -0.15) is 0 Å². The fourth-order valence-electron chi connectivity index (χ4n) is 2.77. The number of hydrogen-bond donors (Lipinski definition) is 1. The number of hydrogen-bond acceptors (Lipinski definition) is 5. The van der Waals surface area contributed by atoms with Gasteiger partial charge in [-0.05, 0) is 50.4 Å². The predicted octanol–water partition coefficient (Wildman–Crippen LogP) is 3.47. The van der Waals surface area contributed by atoms with E-state index in [1.807, 2.05) is 49.2 Å². The first-order chi connectivity index (χ1) is 12.7. The molecule has 27 heavy (non-hydrogen) atoms. The maximum Gasteiger partial charge on any atom is 0.238 e. The highest BCUT2D eigenvalue weighted by Crippen LogP contribution is 2.26. The monoisotopic (exact) mass is 386 g/mol. The van der Waals surface area contributed by atoms with E-state index in [0.29, 0.717) is 5.69 Å². The fraction of sp³-hybridized carbons (Fsp3) is 0.250. The van der Waals surface area contributed by atoms with Crippen molar-refractivity contribution in [3.8, 4) is 0 Å². The molecule has 0 bridgehead atoms. The number of amides is 1. The molecule has 2 aromatic carbocycles. The normalized spacial score (nSPS) is 13.0. The lowest BCUT2D eigenvalue weighted by Gasteiger charge is -2.22. The van der Waals surface area contributed by atoms with Gasteiger partial charge in [0, 0.05) is 17.3 Å². The number of nitrogens with one attached hydrogen (secondary N) is 1. The SMILES string of the molecule is CC(c1cc2ccccc2o1)N(C)CC(=O)Nc1ccc(S(C)(=O)=O)cc1. The Morgan fingerprint density at radius 3 is 2.44 bits per heavy atom. The molecule has 0 saturated heterocycles. The number of rotatable bonds is 6. The van der Waals surface area contributed by atoms with E-state index in [9.17, 15) is 13.2 Å². The molecule has 1 unspecified atom stereocenters. The minimum atomic E-state index is -3.25. The smallest absolute Gasteiger partial charge is 0.238 e. The van der Waals surface area contributed by atoms with Crippen molar-refractivity contribution in [1.82, 2.24) is 4.90 Å². The Morgan fingerprint density at radius 1 is 1.15 bits per heavy atom. The van der Waals surface area contributed by atoms with Crippen LogP contribution >= 0.6 is 0 Å². The highest BCUT2D eigenvalue weighted by Gasteiger charge is 2.18. The third-order valence-electron chi connectivity index (χ3n) is 4.48. The molecule has 142 valence electrons.